The van der Waals surface area contributed by atoms with E-state index in [-0.39, 0.29) is 23.3 Å². The van der Waals surface area contributed by atoms with E-state index in [1.165, 1.54) is 11.8 Å². The van der Waals surface area contributed by atoms with Gasteiger partial charge in [0.05, 0.1) is 41.6 Å². The van der Waals surface area contributed by atoms with Crippen LogP contribution in [0.4, 0.5) is 5.69 Å². The number of para-hydroxylation sites is 3. The lowest BCUT2D eigenvalue weighted by molar-refractivity contribution is -0.113. The largest absolute Gasteiger partial charge is 0.492 e. The zero-order valence-corrected chi connectivity index (χ0v) is 18.1. The van der Waals surface area contributed by atoms with Gasteiger partial charge in [-0.15, -0.1) is 0 Å². The number of methoxy groups -OCH3 is 1. The minimum Gasteiger partial charge on any atom is -0.492 e. The Labute approximate surface area is 179 Å². The predicted octanol–water partition coefficient (Wildman–Crippen LogP) is 3.73. The maximum atomic E-state index is 13.1. The lowest BCUT2D eigenvalue weighted by Crippen LogP contribution is -2.29. The Morgan fingerprint density at radius 2 is 1.93 bits per heavy atom. The molecule has 1 heterocycles. The van der Waals surface area contributed by atoms with E-state index in [1.807, 2.05) is 38.1 Å². The Balaban J connectivity index is 1.84. The average Bonchev–Trinajstić information content (AvgIpc) is 2.74. The first-order valence-corrected chi connectivity index (χ1v) is 10.7. The molecular weight excluding hydrogens is 402 g/mol. The predicted molar refractivity (Wildman–Crippen MR) is 120 cm³/mol. The van der Waals surface area contributed by atoms with Crippen molar-refractivity contribution < 1.29 is 14.3 Å². The molecule has 0 unspecified atom stereocenters. The number of hydrogen-bond acceptors (Lipinski definition) is 6. The average molecular weight is 428 g/mol. The first kappa shape index (κ1) is 21.9. The number of rotatable bonds is 9. The molecule has 2 aromatic carbocycles. The lowest BCUT2D eigenvalue weighted by atomic mass is 10.2. The van der Waals surface area contributed by atoms with Crippen molar-refractivity contribution in [2.24, 2.45) is 0 Å². The highest BCUT2D eigenvalue weighted by molar-refractivity contribution is 7.99. The van der Waals surface area contributed by atoms with Gasteiger partial charge in [-0.25, -0.2) is 4.98 Å². The molecule has 3 aromatic rings. The zero-order chi connectivity index (χ0) is 21.5. The van der Waals surface area contributed by atoms with Gasteiger partial charge in [0.2, 0.25) is 5.91 Å². The summed E-state index contributed by atoms with van der Waals surface area (Å²) in [6, 6.07) is 14.3. The van der Waals surface area contributed by atoms with E-state index >= 15 is 0 Å². The second kappa shape index (κ2) is 10.3. The van der Waals surface area contributed by atoms with Crippen LogP contribution in [0.2, 0.25) is 0 Å². The number of ether oxygens (including phenoxy) is 2. The SMILES string of the molecule is CCOc1ccccc1NC(=O)CSc1nc2ccccc2c(=O)n1[C@@H](C)COC. The number of thioether (sulfide) groups is 1. The summed E-state index contributed by atoms with van der Waals surface area (Å²) in [5.41, 5.74) is 1.07. The molecule has 8 heteroatoms. The van der Waals surface area contributed by atoms with Gasteiger partial charge < -0.3 is 14.8 Å². The lowest BCUT2D eigenvalue weighted by Gasteiger charge is -2.19. The van der Waals surface area contributed by atoms with Crippen molar-refractivity contribution in [2.45, 2.75) is 25.0 Å². The van der Waals surface area contributed by atoms with Gasteiger partial charge in [-0.1, -0.05) is 36.0 Å². The summed E-state index contributed by atoms with van der Waals surface area (Å²) in [6.07, 6.45) is 0. The number of benzene rings is 2. The number of hydrogen-bond donors (Lipinski definition) is 1. The topological polar surface area (TPSA) is 82.5 Å². The molecule has 0 radical (unpaired) electrons. The Bertz CT molecular complexity index is 1080. The van der Waals surface area contributed by atoms with Gasteiger partial charge in [0.25, 0.3) is 5.56 Å². The van der Waals surface area contributed by atoms with Crippen molar-refractivity contribution >= 4 is 34.3 Å². The Hall–Kier alpha value is -2.84. The summed E-state index contributed by atoms with van der Waals surface area (Å²) in [5, 5.41) is 3.89. The molecule has 1 N–H and O–H groups in total. The first-order chi connectivity index (χ1) is 14.5. The number of aromatic nitrogens is 2. The number of fused-ring (bicyclic) bond motifs is 1. The third-order valence-electron chi connectivity index (χ3n) is 4.42. The smallest absolute Gasteiger partial charge is 0.262 e. The molecule has 3 rings (SSSR count). The summed E-state index contributed by atoms with van der Waals surface area (Å²) in [7, 11) is 1.59. The van der Waals surface area contributed by atoms with Crippen LogP contribution in [0.1, 0.15) is 19.9 Å². The molecule has 0 aliphatic carbocycles. The standard InChI is InChI=1S/C22H25N3O4S/c1-4-29-19-12-8-7-11-18(19)23-20(26)14-30-22-24-17-10-6-5-9-16(17)21(27)25(22)15(2)13-28-3/h5-12,15H,4,13-14H2,1-3H3,(H,23,26)/t15-/m0/s1. The normalized spacial score (nSPS) is 12.0. The summed E-state index contributed by atoms with van der Waals surface area (Å²) >= 11 is 1.22. The summed E-state index contributed by atoms with van der Waals surface area (Å²) in [5.74, 6) is 0.513. The van der Waals surface area contributed by atoms with Gasteiger partial charge in [-0.05, 0) is 38.1 Å². The molecule has 0 bridgehead atoms. The van der Waals surface area contributed by atoms with Crippen LogP contribution in [0.5, 0.6) is 5.75 Å². The van der Waals surface area contributed by atoms with Crippen LogP contribution in [0.15, 0.2) is 58.5 Å². The molecule has 0 aliphatic rings. The van der Waals surface area contributed by atoms with Crippen LogP contribution in [0.25, 0.3) is 10.9 Å². The van der Waals surface area contributed by atoms with E-state index in [4.69, 9.17) is 9.47 Å². The number of nitrogens with one attached hydrogen (secondary N) is 1. The Kier molecular flexibility index (Phi) is 7.48. The van der Waals surface area contributed by atoms with E-state index in [9.17, 15) is 9.59 Å². The van der Waals surface area contributed by atoms with Gasteiger partial charge in [-0.3, -0.25) is 14.2 Å². The van der Waals surface area contributed by atoms with Gasteiger partial charge >= 0.3 is 0 Å². The van der Waals surface area contributed by atoms with Crippen LogP contribution in [0.3, 0.4) is 0 Å². The highest BCUT2D eigenvalue weighted by Gasteiger charge is 2.18. The number of anilines is 1. The van der Waals surface area contributed by atoms with E-state index in [0.29, 0.717) is 40.7 Å². The molecule has 0 aliphatic heterocycles. The maximum Gasteiger partial charge on any atom is 0.262 e. The molecule has 30 heavy (non-hydrogen) atoms. The highest BCUT2D eigenvalue weighted by atomic mass is 32.2. The summed E-state index contributed by atoms with van der Waals surface area (Å²) in [6.45, 7) is 4.65. The molecular formula is C22H25N3O4S. The Morgan fingerprint density at radius 3 is 2.70 bits per heavy atom. The van der Waals surface area contributed by atoms with Crippen LogP contribution in [-0.4, -0.2) is 41.5 Å². The minimum absolute atomic E-state index is 0.102. The molecule has 158 valence electrons. The molecule has 0 spiro atoms. The van der Waals surface area contributed by atoms with Crippen molar-refractivity contribution in [3.63, 3.8) is 0 Å². The number of nitrogens with zero attached hydrogens (tertiary/aromatic N) is 2. The van der Waals surface area contributed by atoms with Crippen LogP contribution < -0.4 is 15.6 Å². The fourth-order valence-electron chi connectivity index (χ4n) is 3.10. The van der Waals surface area contributed by atoms with E-state index < -0.39 is 0 Å². The Morgan fingerprint density at radius 1 is 1.20 bits per heavy atom. The van der Waals surface area contributed by atoms with Gasteiger partial charge in [0.1, 0.15) is 5.75 Å². The van der Waals surface area contributed by atoms with Crippen molar-refractivity contribution in [1.82, 2.24) is 9.55 Å². The zero-order valence-electron chi connectivity index (χ0n) is 17.3. The van der Waals surface area contributed by atoms with Gasteiger partial charge in [-0.2, -0.15) is 0 Å². The molecule has 0 fully saturated rings. The molecule has 1 amide bonds. The second-order valence-electron chi connectivity index (χ2n) is 6.66. The maximum absolute atomic E-state index is 13.1. The van der Waals surface area contributed by atoms with Crippen molar-refractivity contribution in [3.8, 4) is 5.75 Å². The third-order valence-corrected chi connectivity index (χ3v) is 5.37. The monoisotopic (exact) mass is 427 g/mol. The minimum atomic E-state index is -0.219. The molecule has 1 aromatic heterocycles. The molecule has 7 nitrogen and oxygen atoms in total. The van der Waals surface area contributed by atoms with Crippen LogP contribution in [-0.2, 0) is 9.53 Å². The van der Waals surface area contributed by atoms with Crippen LogP contribution >= 0.6 is 11.8 Å². The third kappa shape index (κ3) is 5.01. The van der Waals surface area contributed by atoms with E-state index in [2.05, 4.69) is 10.3 Å². The summed E-state index contributed by atoms with van der Waals surface area (Å²) < 4.78 is 12.4. The number of carbonyl (C=O) groups excluding carboxylic acids is 1. The number of amides is 1. The molecule has 0 saturated carbocycles. The van der Waals surface area contributed by atoms with Crippen molar-refractivity contribution in [3.05, 3.63) is 58.9 Å². The van der Waals surface area contributed by atoms with Gasteiger partial charge in [0, 0.05) is 7.11 Å². The quantitative estimate of drug-likeness (QED) is 0.414. The number of carbonyl (C=O) groups is 1. The first-order valence-electron chi connectivity index (χ1n) is 9.69. The van der Waals surface area contributed by atoms with E-state index in [0.717, 1.165) is 0 Å². The highest BCUT2D eigenvalue weighted by Crippen LogP contribution is 2.25. The van der Waals surface area contributed by atoms with Crippen molar-refractivity contribution in [1.29, 1.82) is 0 Å². The van der Waals surface area contributed by atoms with Crippen LogP contribution in [0, 0.1) is 0 Å². The molecule has 1 atom stereocenters. The van der Waals surface area contributed by atoms with Gasteiger partial charge in [0.15, 0.2) is 5.16 Å². The fraction of sp³-hybridized carbons (Fsp3) is 0.318. The fourth-order valence-corrected chi connectivity index (χ4v) is 4.00. The molecule has 0 saturated heterocycles. The van der Waals surface area contributed by atoms with Crippen molar-refractivity contribution in [2.75, 3.05) is 31.4 Å². The van der Waals surface area contributed by atoms with E-state index in [1.54, 1.807) is 35.9 Å². The summed E-state index contributed by atoms with van der Waals surface area (Å²) in [4.78, 5) is 30.3. The second-order valence-corrected chi connectivity index (χ2v) is 7.60.